The van der Waals surface area contributed by atoms with Gasteiger partial charge in [-0.1, -0.05) is 24.3 Å². The second-order valence-corrected chi connectivity index (χ2v) is 6.57. The van der Waals surface area contributed by atoms with Crippen LogP contribution in [0.2, 0.25) is 0 Å². The van der Waals surface area contributed by atoms with Gasteiger partial charge in [0.05, 0.1) is 0 Å². The van der Waals surface area contributed by atoms with Crippen LogP contribution in [-0.4, -0.2) is 11.7 Å². The molecule has 0 aliphatic carbocycles. The molecule has 2 aromatic rings. The number of hydrogen-bond donors (Lipinski definition) is 2. The predicted octanol–water partition coefficient (Wildman–Crippen LogP) is 4.40. The highest BCUT2D eigenvalue weighted by Gasteiger charge is 2.15. The molecule has 23 heavy (non-hydrogen) atoms. The van der Waals surface area contributed by atoms with Crippen LogP contribution in [0.3, 0.4) is 0 Å². The summed E-state index contributed by atoms with van der Waals surface area (Å²) in [7, 11) is 0. The molecule has 3 N–H and O–H groups in total. The zero-order valence-electron chi connectivity index (χ0n) is 13.9. The van der Waals surface area contributed by atoms with Gasteiger partial charge < -0.3 is 10.5 Å². The minimum atomic E-state index is -0.497. The second kappa shape index (κ2) is 7.18. The summed E-state index contributed by atoms with van der Waals surface area (Å²) in [5, 5.41) is 2.73. The van der Waals surface area contributed by atoms with E-state index in [2.05, 4.69) is 5.32 Å². The number of nitrogen functional groups attached to an aromatic ring is 1. The molecule has 1 amide bonds. The van der Waals surface area contributed by atoms with Crippen LogP contribution in [0.25, 0.3) is 0 Å². The fraction of sp³-hybridized carbons (Fsp3) is 0.316. The number of anilines is 2. The molecular weight excluding hydrogens is 288 g/mol. The Kier molecular flexibility index (Phi) is 5.27. The number of rotatable bonds is 4. The Morgan fingerprint density at radius 3 is 1.91 bits per heavy atom. The van der Waals surface area contributed by atoms with E-state index < -0.39 is 11.7 Å². The van der Waals surface area contributed by atoms with E-state index in [1.807, 2.05) is 69.3 Å². The van der Waals surface area contributed by atoms with Gasteiger partial charge in [-0.3, -0.25) is 5.32 Å². The number of ether oxygens (including phenoxy) is 1. The van der Waals surface area contributed by atoms with Crippen LogP contribution in [-0.2, 0) is 17.6 Å². The van der Waals surface area contributed by atoms with Crippen LogP contribution >= 0.6 is 0 Å². The summed E-state index contributed by atoms with van der Waals surface area (Å²) in [5.41, 5.74) is 9.18. The van der Waals surface area contributed by atoms with Crippen molar-refractivity contribution in [2.24, 2.45) is 0 Å². The van der Waals surface area contributed by atoms with E-state index in [0.29, 0.717) is 0 Å². The van der Waals surface area contributed by atoms with Crippen molar-refractivity contribution in [1.82, 2.24) is 0 Å². The zero-order chi connectivity index (χ0) is 16.9. The van der Waals surface area contributed by atoms with Gasteiger partial charge in [0.1, 0.15) is 5.60 Å². The largest absolute Gasteiger partial charge is 0.444 e. The predicted molar refractivity (Wildman–Crippen MR) is 94.6 cm³/mol. The Hall–Kier alpha value is -2.49. The molecule has 0 aliphatic rings. The number of benzene rings is 2. The second-order valence-electron chi connectivity index (χ2n) is 6.57. The first-order valence-corrected chi connectivity index (χ1v) is 7.75. The monoisotopic (exact) mass is 312 g/mol. The highest BCUT2D eigenvalue weighted by atomic mass is 16.6. The molecule has 4 nitrogen and oxygen atoms in total. The Labute approximate surface area is 137 Å². The molecule has 2 rings (SSSR count). The molecule has 0 heterocycles. The van der Waals surface area contributed by atoms with Crippen molar-refractivity contribution in [2.75, 3.05) is 11.1 Å². The van der Waals surface area contributed by atoms with Gasteiger partial charge in [0.25, 0.3) is 0 Å². The molecule has 0 saturated heterocycles. The molecule has 0 radical (unpaired) electrons. The van der Waals surface area contributed by atoms with Gasteiger partial charge in [-0.05, 0) is 69.0 Å². The number of carbonyl (C=O) groups excluding carboxylic acids is 1. The highest BCUT2D eigenvalue weighted by molar-refractivity contribution is 5.84. The van der Waals surface area contributed by atoms with Crippen LogP contribution in [0.4, 0.5) is 16.2 Å². The van der Waals surface area contributed by atoms with Crippen molar-refractivity contribution >= 4 is 17.5 Å². The van der Waals surface area contributed by atoms with Crippen molar-refractivity contribution in [1.29, 1.82) is 0 Å². The lowest BCUT2D eigenvalue weighted by Gasteiger charge is -2.19. The quantitative estimate of drug-likeness (QED) is 0.822. The van der Waals surface area contributed by atoms with Crippen LogP contribution in [0.5, 0.6) is 0 Å². The standard InChI is InChI=1S/C19H24N2O2/c1-19(2,3)23-18(22)21-17-12-8-15(9-13-17)5-4-14-6-10-16(20)11-7-14/h6-13H,4-5,20H2,1-3H3,(H,21,22). The maximum absolute atomic E-state index is 11.7. The summed E-state index contributed by atoms with van der Waals surface area (Å²) in [5.74, 6) is 0. The molecule has 4 heteroatoms. The minimum Gasteiger partial charge on any atom is -0.444 e. The third kappa shape index (κ3) is 6.02. The summed E-state index contributed by atoms with van der Waals surface area (Å²) < 4.78 is 5.23. The number of nitrogens with two attached hydrogens (primary N) is 1. The van der Waals surface area contributed by atoms with Gasteiger partial charge in [0.2, 0.25) is 0 Å². The number of amides is 1. The van der Waals surface area contributed by atoms with Gasteiger partial charge in [0, 0.05) is 11.4 Å². The fourth-order valence-corrected chi connectivity index (χ4v) is 2.15. The Morgan fingerprint density at radius 1 is 0.957 bits per heavy atom. The summed E-state index contributed by atoms with van der Waals surface area (Å²) >= 11 is 0. The van der Waals surface area contributed by atoms with Crippen molar-refractivity contribution in [3.63, 3.8) is 0 Å². The lowest BCUT2D eigenvalue weighted by atomic mass is 10.0. The molecular formula is C19H24N2O2. The number of hydrogen-bond acceptors (Lipinski definition) is 3. The molecule has 0 atom stereocenters. The molecule has 0 unspecified atom stereocenters. The van der Waals surface area contributed by atoms with Crippen LogP contribution < -0.4 is 11.1 Å². The maximum Gasteiger partial charge on any atom is 0.412 e. The first-order valence-electron chi connectivity index (χ1n) is 7.75. The summed E-state index contributed by atoms with van der Waals surface area (Å²) in [6.45, 7) is 5.52. The van der Waals surface area contributed by atoms with E-state index in [1.54, 1.807) is 0 Å². The highest BCUT2D eigenvalue weighted by Crippen LogP contribution is 2.15. The normalized spacial score (nSPS) is 11.1. The molecule has 0 spiro atoms. The molecule has 2 aromatic carbocycles. The van der Waals surface area contributed by atoms with Gasteiger partial charge >= 0.3 is 6.09 Å². The molecule has 0 bridgehead atoms. The average molecular weight is 312 g/mol. The minimum absolute atomic E-state index is 0.438. The third-order valence-electron chi connectivity index (χ3n) is 3.28. The summed E-state index contributed by atoms with van der Waals surface area (Å²) in [6, 6.07) is 15.8. The van der Waals surface area contributed by atoms with Gasteiger partial charge in [-0.15, -0.1) is 0 Å². The topological polar surface area (TPSA) is 64.3 Å². The van der Waals surface area contributed by atoms with Crippen LogP contribution in [0, 0.1) is 0 Å². The van der Waals surface area contributed by atoms with E-state index in [0.717, 1.165) is 24.2 Å². The van der Waals surface area contributed by atoms with E-state index in [9.17, 15) is 4.79 Å². The van der Waals surface area contributed by atoms with Crippen molar-refractivity contribution in [2.45, 2.75) is 39.2 Å². The Morgan fingerprint density at radius 2 is 1.43 bits per heavy atom. The number of aryl methyl sites for hydroxylation is 2. The Bertz CT molecular complexity index is 641. The first-order chi connectivity index (χ1) is 10.8. The molecule has 0 saturated carbocycles. The lowest BCUT2D eigenvalue weighted by molar-refractivity contribution is 0.0636. The van der Waals surface area contributed by atoms with Crippen LogP contribution in [0.1, 0.15) is 31.9 Å². The molecule has 0 fully saturated rings. The number of nitrogens with one attached hydrogen (secondary N) is 1. The van der Waals surface area contributed by atoms with Crippen molar-refractivity contribution in [3.05, 3.63) is 59.7 Å². The van der Waals surface area contributed by atoms with Gasteiger partial charge in [0.15, 0.2) is 0 Å². The van der Waals surface area contributed by atoms with Crippen molar-refractivity contribution < 1.29 is 9.53 Å². The summed E-state index contributed by atoms with van der Waals surface area (Å²) in [6.07, 6.45) is 1.46. The summed E-state index contributed by atoms with van der Waals surface area (Å²) in [4.78, 5) is 11.7. The maximum atomic E-state index is 11.7. The van der Waals surface area contributed by atoms with E-state index in [4.69, 9.17) is 10.5 Å². The van der Waals surface area contributed by atoms with Gasteiger partial charge in [-0.25, -0.2) is 4.79 Å². The first kappa shape index (κ1) is 16.9. The molecule has 0 aromatic heterocycles. The van der Waals surface area contributed by atoms with Crippen LogP contribution in [0.15, 0.2) is 48.5 Å². The third-order valence-corrected chi connectivity index (χ3v) is 3.28. The Balaban J connectivity index is 1.87. The average Bonchev–Trinajstić information content (AvgIpc) is 2.46. The van der Waals surface area contributed by atoms with E-state index in [-0.39, 0.29) is 0 Å². The smallest absolute Gasteiger partial charge is 0.412 e. The van der Waals surface area contributed by atoms with E-state index in [1.165, 1.54) is 11.1 Å². The van der Waals surface area contributed by atoms with Crippen molar-refractivity contribution in [3.8, 4) is 0 Å². The van der Waals surface area contributed by atoms with Gasteiger partial charge in [-0.2, -0.15) is 0 Å². The lowest BCUT2D eigenvalue weighted by Crippen LogP contribution is -2.27. The number of carbonyl (C=O) groups is 1. The SMILES string of the molecule is CC(C)(C)OC(=O)Nc1ccc(CCc2ccc(N)cc2)cc1. The fourth-order valence-electron chi connectivity index (χ4n) is 2.15. The van der Waals surface area contributed by atoms with E-state index >= 15 is 0 Å². The molecule has 0 aliphatic heterocycles. The zero-order valence-corrected chi connectivity index (χ0v) is 13.9. The molecule has 122 valence electrons.